The number of nitrogens with zero attached hydrogens (tertiary/aromatic N) is 1. The molecule has 0 fully saturated rings. The molecular formula is C9H12FNO2. The minimum atomic E-state index is -0.699. The van der Waals surface area contributed by atoms with E-state index in [1.807, 2.05) is 0 Å². The second-order valence-electron chi connectivity index (χ2n) is 3.68. The highest BCUT2D eigenvalue weighted by Crippen LogP contribution is 2.10. The number of hydrogen-bond donors (Lipinski definition) is 0. The van der Waals surface area contributed by atoms with Crippen molar-refractivity contribution in [2.45, 2.75) is 26.4 Å². The summed E-state index contributed by atoms with van der Waals surface area (Å²) in [4.78, 5) is 11.2. The molecule has 0 spiro atoms. The summed E-state index contributed by atoms with van der Waals surface area (Å²) >= 11 is 0. The molecule has 0 N–H and O–H groups in total. The predicted molar refractivity (Wildman–Crippen MR) is 46.0 cm³/mol. The van der Waals surface area contributed by atoms with Gasteiger partial charge in [0.2, 0.25) is 5.95 Å². The fraction of sp³-hybridized carbons (Fsp3) is 0.444. The highest BCUT2D eigenvalue weighted by Gasteiger charge is 2.18. The van der Waals surface area contributed by atoms with Crippen LogP contribution in [-0.4, -0.2) is 16.3 Å². The molecule has 1 aromatic rings. The van der Waals surface area contributed by atoms with Crippen molar-refractivity contribution in [1.29, 1.82) is 0 Å². The molecule has 0 aliphatic rings. The molecule has 0 saturated carbocycles. The van der Waals surface area contributed by atoms with Crippen molar-refractivity contribution in [1.82, 2.24) is 4.57 Å². The van der Waals surface area contributed by atoms with E-state index in [9.17, 15) is 9.18 Å². The Kier molecular flexibility index (Phi) is 2.40. The normalized spacial score (nSPS) is 11.4. The lowest BCUT2D eigenvalue weighted by atomic mass is 10.2. The number of rotatable bonds is 0. The Morgan fingerprint density at radius 2 is 2.15 bits per heavy atom. The predicted octanol–water partition coefficient (Wildman–Crippen LogP) is 2.41. The number of aromatic nitrogens is 1. The molecule has 0 unspecified atom stereocenters. The van der Waals surface area contributed by atoms with Crippen molar-refractivity contribution in [2.24, 2.45) is 0 Å². The molecule has 0 radical (unpaired) electrons. The van der Waals surface area contributed by atoms with E-state index in [0.717, 1.165) is 4.57 Å². The van der Waals surface area contributed by atoms with Crippen molar-refractivity contribution in [3.05, 3.63) is 24.3 Å². The lowest BCUT2D eigenvalue weighted by molar-refractivity contribution is 0.0519. The molecular weight excluding hydrogens is 173 g/mol. The van der Waals surface area contributed by atoms with Crippen LogP contribution in [0.3, 0.4) is 0 Å². The molecule has 0 atom stereocenters. The van der Waals surface area contributed by atoms with E-state index in [1.165, 1.54) is 18.3 Å². The number of carbonyl (C=O) groups excluding carboxylic acids is 1. The topological polar surface area (TPSA) is 31.2 Å². The van der Waals surface area contributed by atoms with Crippen LogP contribution in [0.5, 0.6) is 0 Å². The standard InChI is InChI=1S/C9H12FNO2/c1-9(2,3)13-8(12)11-6-4-5-7(11)10/h4-6H,1-3H3. The van der Waals surface area contributed by atoms with Crippen LogP contribution in [0.15, 0.2) is 18.3 Å². The summed E-state index contributed by atoms with van der Waals surface area (Å²) in [6, 6.07) is 2.64. The summed E-state index contributed by atoms with van der Waals surface area (Å²) in [5.74, 6) is -0.616. The van der Waals surface area contributed by atoms with Crippen LogP contribution in [0.1, 0.15) is 20.8 Å². The second-order valence-corrected chi connectivity index (χ2v) is 3.68. The van der Waals surface area contributed by atoms with Gasteiger partial charge in [-0.25, -0.2) is 9.36 Å². The largest absolute Gasteiger partial charge is 0.443 e. The van der Waals surface area contributed by atoms with Crippen molar-refractivity contribution in [3.8, 4) is 0 Å². The van der Waals surface area contributed by atoms with Crippen LogP contribution in [0.2, 0.25) is 0 Å². The van der Waals surface area contributed by atoms with Gasteiger partial charge in [-0.1, -0.05) is 0 Å². The van der Waals surface area contributed by atoms with Crippen molar-refractivity contribution in [3.63, 3.8) is 0 Å². The summed E-state index contributed by atoms with van der Waals surface area (Å²) in [7, 11) is 0. The van der Waals surface area contributed by atoms with Crippen molar-refractivity contribution in [2.75, 3.05) is 0 Å². The van der Waals surface area contributed by atoms with Gasteiger partial charge in [0.1, 0.15) is 5.60 Å². The molecule has 0 amide bonds. The highest BCUT2D eigenvalue weighted by molar-refractivity contribution is 5.71. The van der Waals surface area contributed by atoms with Crippen LogP contribution >= 0.6 is 0 Å². The zero-order chi connectivity index (χ0) is 10.1. The first-order chi connectivity index (χ1) is 5.90. The average molecular weight is 185 g/mol. The van der Waals surface area contributed by atoms with E-state index >= 15 is 0 Å². The molecule has 0 bridgehead atoms. The maximum atomic E-state index is 12.8. The van der Waals surface area contributed by atoms with E-state index in [2.05, 4.69) is 0 Å². The molecule has 0 aliphatic carbocycles. The minimum Gasteiger partial charge on any atom is -0.443 e. The molecule has 0 saturated heterocycles. The Morgan fingerprint density at radius 1 is 1.54 bits per heavy atom. The maximum absolute atomic E-state index is 12.8. The summed E-state index contributed by atoms with van der Waals surface area (Å²) in [5.41, 5.74) is -0.603. The molecule has 1 aromatic heterocycles. The fourth-order valence-corrected chi connectivity index (χ4v) is 0.819. The smallest absolute Gasteiger partial charge is 0.420 e. The van der Waals surface area contributed by atoms with Gasteiger partial charge < -0.3 is 4.74 Å². The van der Waals surface area contributed by atoms with Crippen molar-refractivity contribution < 1.29 is 13.9 Å². The monoisotopic (exact) mass is 185 g/mol. The fourth-order valence-electron chi connectivity index (χ4n) is 0.819. The van der Waals surface area contributed by atoms with Crippen LogP contribution in [-0.2, 0) is 4.74 Å². The first-order valence-electron chi connectivity index (χ1n) is 3.96. The summed E-state index contributed by atoms with van der Waals surface area (Å²) < 4.78 is 18.6. The van der Waals surface area contributed by atoms with Gasteiger partial charge in [-0.15, -0.1) is 0 Å². The lowest BCUT2D eigenvalue weighted by Crippen LogP contribution is -2.27. The first-order valence-corrected chi connectivity index (χ1v) is 3.96. The minimum absolute atomic E-state index is 0.603. The Morgan fingerprint density at radius 3 is 2.54 bits per heavy atom. The van der Waals surface area contributed by atoms with Gasteiger partial charge in [-0.3, -0.25) is 0 Å². The lowest BCUT2D eigenvalue weighted by Gasteiger charge is -2.19. The van der Waals surface area contributed by atoms with Gasteiger partial charge in [0.25, 0.3) is 0 Å². The van der Waals surface area contributed by atoms with Crippen LogP contribution < -0.4 is 0 Å². The molecule has 4 heteroatoms. The Hall–Kier alpha value is -1.32. The summed E-state index contributed by atoms with van der Waals surface area (Å²) in [5, 5.41) is 0. The number of hydrogen-bond acceptors (Lipinski definition) is 2. The third kappa shape index (κ3) is 2.57. The highest BCUT2D eigenvalue weighted by atomic mass is 19.1. The van der Waals surface area contributed by atoms with Crippen LogP contribution in [0.4, 0.5) is 9.18 Å². The third-order valence-electron chi connectivity index (χ3n) is 1.29. The molecule has 0 aliphatic heterocycles. The maximum Gasteiger partial charge on any atom is 0.420 e. The molecule has 13 heavy (non-hydrogen) atoms. The Balaban J connectivity index is 2.76. The number of halogens is 1. The number of carbonyl (C=O) groups is 1. The molecule has 3 nitrogen and oxygen atoms in total. The SMILES string of the molecule is CC(C)(C)OC(=O)n1cccc1F. The van der Waals surface area contributed by atoms with Gasteiger partial charge in [-0.05, 0) is 32.9 Å². The van der Waals surface area contributed by atoms with E-state index in [-0.39, 0.29) is 0 Å². The van der Waals surface area contributed by atoms with Gasteiger partial charge >= 0.3 is 6.09 Å². The van der Waals surface area contributed by atoms with Gasteiger partial charge in [0.05, 0.1) is 0 Å². The van der Waals surface area contributed by atoms with Crippen molar-refractivity contribution >= 4 is 6.09 Å². The molecule has 1 heterocycles. The Labute approximate surface area is 76.1 Å². The molecule has 1 rings (SSSR count). The summed E-state index contributed by atoms with van der Waals surface area (Å²) in [6.45, 7) is 5.19. The summed E-state index contributed by atoms with van der Waals surface area (Å²) in [6.07, 6.45) is 0.624. The average Bonchev–Trinajstić information content (AvgIpc) is 2.30. The van der Waals surface area contributed by atoms with Gasteiger partial charge in [0, 0.05) is 6.20 Å². The first kappa shape index (κ1) is 9.77. The van der Waals surface area contributed by atoms with E-state index in [0.29, 0.717) is 0 Å². The van der Waals surface area contributed by atoms with E-state index in [1.54, 1.807) is 20.8 Å². The number of ether oxygens (including phenoxy) is 1. The van der Waals surface area contributed by atoms with Gasteiger partial charge in [-0.2, -0.15) is 4.39 Å². The van der Waals surface area contributed by atoms with E-state index in [4.69, 9.17) is 4.74 Å². The molecule has 72 valence electrons. The molecule has 0 aromatic carbocycles. The second kappa shape index (κ2) is 3.20. The zero-order valence-corrected chi connectivity index (χ0v) is 7.87. The van der Waals surface area contributed by atoms with E-state index < -0.39 is 17.6 Å². The zero-order valence-electron chi connectivity index (χ0n) is 7.87. The van der Waals surface area contributed by atoms with Gasteiger partial charge in [0.15, 0.2) is 0 Å². The van der Waals surface area contributed by atoms with Crippen LogP contribution in [0.25, 0.3) is 0 Å². The quantitative estimate of drug-likeness (QED) is 0.621. The third-order valence-corrected chi connectivity index (χ3v) is 1.29. The van der Waals surface area contributed by atoms with Crippen LogP contribution in [0, 0.1) is 5.95 Å². The Bertz CT molecular complexity index is 312.